The van der Waals surface area contributed by atoms with Crippen molar-refractivity contribution < 1.29 is 9.53 Å². The summed E-state index contributed by atoms with van der Waals surface area (Å²) >= 11 is 3.00. The second kappa shape index (κ2) is 7.37. The van der Waals surface area contributed by atoms with Crippen LogP contribution in [0.15, 0.2) is 16.7 Å². The van der Waals surface area contributed by atoms with E-state index in [9.17, 15) is 4.79 Å². The van der Waals surface area contributed by atoms with Gasteiger partial charge in [-0.1, -0.05) is 11.8 Å². The summed E-state index contributed by atoms with van der Waals surface area (Å²) in [4.78, 5) is 24.7. The Morgan fingerprint density at radius 1 is 1.48 bits per heavy atom. The molecule has 0 aliphatic carbocycles. The predicted octanol–water partition coefficient (Wildman–Crippen LogP) is 2.75. The first kappa shape index (κ1) is 15.7. The zero-order chi connectivity index (χ0) is 15.2. The highest BCUT2D eigenvalue weighted by atomic mass is 32.2. The standard InChI is InChI=1S/C13H16N4O2S2/c1-4-19-12(18)10-6-15-13(20-3)17-11(10)14-5-9-7-21-8(2)16-9/h6-7H,4-5H2,1-3H3,(H,14,15,17). The Kier molecular flexibility index (Phi) is 5.51. The van der Waals surface area contributed by atoms with Gasteiger partial charge in [-0.25, -0.2) is 19.7 Å². The van der Waals surface area contributed by atoms with Gasteiger partial charge in [0.2, 0.25) is 0 Å². The normalized spacial score (nSPS) is 10.4. The lowest BCUT2D eigenvalue weighted by atomic mass is 10.3. The van der Waals surface area contributed by atoms with Crippen molar-refractivity contribution >= 4 is 34.9 Å². The third-order valence-corrected chi connectivity index (χ3v) is 3.93. The Labute approximate surface area is 131 Å². The van der Waals surface area contributed by atoms with Crippen LogP contribution < -0.4 is 5.32 Å². The van der Waals surface area contributed by atoms with Crippen molar-refractivity contribution in [2.75, 3.05) is 18.2 Å². The molecule has 2 heterocycles. The summed E-state index contributed by atoms with van der Waals surface area (Å²) in [6.07, 6.45) is 3.37. The van der Waals surface area contributed by atoms with Crippen LogP contribution in [0.25, 0.3) is 0 Å². The van der Waals surface area contributed by atoms with Crippen molar-refractivity contribution in [1.82, 2.24) is 15.0 Å². The van der Waals surface area contributed by atoms with E-state index in [1.807, 2.05) is 18.6 Å². The van der Waals surface area contributed by atoms with Gasteiger partial charge in [0.05, 0.1) is 23.9 Å². The zero-order valence-electron chi connectivity index (χ0n) is 12.0. The second-order valence-corrected chi connectivity index (χ2v) is 5.89. The molecule has 0 fully saturated rings. The number of ether oxygens (including phenoxy) is 1. The minimum atomic E-state index is -0.429. The fourth-order valence-corrected chi connectivity index (χ4v) is 2.57. The van der Waals surface area contributed by atoms with Gasteiger partial charge < -0.3 is 10.1 Å². The van der Waals surface area contributed by atoms with Gasteiger partial charge in [-0.2, -0.15) is 0 Å². The second-order valence-electron chi connectivity index (χ2n) is 4.05. The molecule has 0 amide bonds. The van der Waals surface area contributed by atoms with Crippen LogP contribution in [-0.2, 0) is 11.3 Å². The smallest absolute Gasteiger partial charge is 0.343 e. The number of carbonyl (C=O) groups is 1. The number of nitrogens with one attached hydrogen (secondary N) is 1. The highest BCUT2D eigenvalue weighted by Gasteiger charge is 2.16. The van der Waals surface area contributed by atoms with Gasteiger partial charge in [0.1, 0.15) is 11.4 Å². The van der Waals surface area contributed by atoms with Crippen molar-refractivity contribution in [2.45, 2.75) is 25.5 Å². The molecule has 21 heavy (non-hydrogen) atoms. The van der Waals surface area contributed by atoms with Crippen LogP contribution in [-0.4, -0.2) is 33.8 Å². The van der Waals surface area contributed by atoms with Crippen LogP contribution in [0.1, 0.15) is 28.0 Å². The summed E-state index contributed by atoms with van der Waals surface area (Å²) in [5.41, 5.74) is 1.25. The molecule has 0 saturated heterocycles. The summed E-state index contributed by atoms with van der Waals surface area (Å²) in [5.74, 6) is 0.0422. The quantitative estimate of drug-likeness (QED) is 0.497. The summed E-state index contributed by atoms with van der Waals surface area (Å²) in [6.45, 7) is 4.53. The summed E-state index contributed by atoms with van der Waals surface area (Å²) < 4.78 is 5.02. The molecular formula is C13H16N4O2S2. The van der Waals surface area contributed by atoms with Crippen molar-refractivity contribution in [3.8, 4) is 0 Å². The number of hydrogen-bond acceptors (Lipinski definition) is 8. The molecule has 6 nitrogen and oxygen atoms in total. The number of aromatic nitrogens is 3. The molecule has 0 aliphatic heterocycles. The van der Waals surface area contributed by atoms with Gasteiger partial charge in [-0.15, -0.1) is 11.3 Å². The Bertz CT molecular complexity index is 630. The van der Waals surface area contributed by atoms with Gasteiger partial charge in [0, 0.05) is 11.6 Å². The van der Waals surface area contributed by atoms with Crippen molar-refractivity contribution in [2.24, 2.45) is 0 Å². The average molecular weight is 324 g/mol. The minimum Gasteiger partial charge on any atom is -0.462 e. The molecule has 112 valence electrons. The van der Waals surface area contributed by atoms with Gasteiger partial charge >= 0.3 is 5.97 Å². The molecule has 0 bridgehead atoms. The largest absolute Gasteiger partial charge is 0.462 e. The molecule has 0 saturated carbocycles. The molecule has 0 spiro atoms. The Morgan fingerprint density at radius 3 is 2.90 bits per heavy atom. The zero-order valence-corrected chi connectivity index (χ0v) is 13.7. The van der Waals surface area contributed by atoms with Crippen LogP contribution in [0.2, 0.25) is 0 Å². The van der Waals surface area contributed by atoms with Crippen molar-refractivity contribution in [1.29, 1.82) is 0 Å². The third-order valence-electron chi connectivity index (χ3n) is 2.55. The lowest BCUT2D eigenvalue weighted by molar-refractivity contribution is 0.0526. The van der Waals surface area contributed by atoms with Gasteiger partial charge in [-0.3, -0.25) is 0 Å². The number of nitrogens with zero attached hydrogens (tertiary/aromatic N) is 3. The lowest BCUT2D eigenvalue weighted by Gasteiger charge is -2.10. The van der Waals surface area contributed by atoms with E-state index in [1.165, 1.54) is 18.0 Å². The topological polar surface area (TPSA) is 77.0 Å². The number of carbonyl (C=O) groups excluding carboxylic acids is 1. The molecule has 0 aromatic carbocycles. The van der Waals surface area contributed by atoms with E-state index < -0.39 is 5.97 Å². The minimum absolute atomic E-state index is 0.313. The molecule has 2 rings (SSSR count). The van der Waals surface area contributed by atoms with Gasteiger partial charge in [0.15, 0.2) is 5.16 Å². The number of thiazole rings is 1. The fourth-order valence-electron chi connectivity index (χ4n) is 1.62. The Balaban J connectivity index is 2.19. The predicted molar refractivity (Wildman–Crippen MR) is 83.9 cm³/mol. The van der Waals surface area contributed by atoms with E-state index in [0.717, 1.165) is 10.7 Å². The monoisotopic (exact) mass is 324 g/mol. The first-order valence-corrected chi connectivity index (χ1v) is 8.47. The van der Waals surface area contributed by atoms with E-state index in [2.05, 4.69) is 20.3 Å². The molecular weight excluding hydrogens is 308 g/mol. The van der Waals surface area contributed by atoms with E-state index in [4.69, 9.17) is 4.74 Å². The SMILES string of the molecule is CCOC(=O)c1cnc(SC)nc1NCc1csc(C)n1. The molecule has 8 heteroatoms. The number of hydrogen-bond donors (Lipinski definition) is 1. The molecule has 0 aliphatic rings. The summed E-state index contributed by atoms with van der Waals surface area (Å²) in [7, 11) is 0. The van der Waals surface area contributed by atoms with E-state index in [-0.39, 0.29) is 0 Å². The third kappa shape index (κ3) is 4.15. The molecule has 1 N–H and O–H groups in total. The highest BCUT2D eigenvalue weighted by molar-refractivity contribution is 7.98. The Hall–Kier alpha value is -1.67. The van der Waals surface area contributed by atoms with Crippen LogP contribution in [0.3, 0.4) is 0 Å². The van der Waals surface area contributed by atoms with Crippen molar-refractivity contribution in [3.05, 3.63) is 27.8 Å². The van der Waals surface area contributed by atoms with Crippen LogP contribution in [0, 0.1) is 6.92 Å². The summed E-state index contributed by atoms with van der Waals surface area (Å²) in [6, 6.07) is 0. The number of aryl methyl sites for hydroxylation is 1. The number of anilines is 1. The average Bonchev–Trinajstić information content (AvgIpc) is 2.90. The molecule has 2 aromatic heterocycles. The number of esters is 1. The van der Waals surface area contributed by atoms with E-state index in [1.54, 1.807) is 18.3 Å². The first-order valence-electron chi connectivity index (χ1n) is 6.37. The maximum atomic E-state index is 11.9. The lowest BCUT2D eigenvalue weighted by Crippen LogP contribution is -2.12. The number of rotatable bonds is 6. The van der Waals surface area contributed by atoms with Gasteiger partial charge in [-0.05, 0) is 20.1 Å². The molecule has 0 unspecified atom stereocenters. The maximum absolute atomic E-state index is 11.9. The van der Waals surface area contributed by atoms with Crippen LogP contribution >= 0.6 is 23.1 Å². The Morgan fingerprint density at radius 2 is 2.29 bits per heavy atom. The van der Waals surface area contributed by atoms with Gasteiger partial charge in [0.25, 0.3) is 0 Å². The summed E-state index contributed by atoms with van der Waals surface area (Å²) in [5, 5.41) is 6.71. The van der Waals surface area contributed by atoms with Crippen LogP contribution in [0.4, 0.5) is 5.82 Å². The molecule has 0 atom stereocenters. The molecule has 2 aromatic rings. The van der Waals surface area contributed by atoms with E-state index in [0.29, 0.717) is 29.7 Å². The highest BCUT2D eigenvalue weighted by Crippen LogP contribution is 2.19. The molecule has 0 radical (unpaired) electrons. The first-order chi connectivity index (χ1) is 10.1. The maximum Gasteiger partial charge on any atom is 0.343 e. The van der Waals surface area contributed by atoms with Crippen LogP contribution in [0.5, 0.6) is 0 Å². The van der Waals surface area contributed by atoms with E-state index >= 15 is 0 Å². The van der Waals surface area contributed by atoms with Crippen molar-refractivity contribution in [3.63, 3.8) is 0 Å². The number of thioether (sulfide) groups is 1. The fraction of sp³-hybridized carbons (Fsp3) is 0.385.